The molecule has 0 heterocycles. The summed E-state index contributed by atoms with van der Waals surface area (Å²) in [5.41, 5.74) is 0.937. The monoisotopic (exact) mass is 373 g/mol. The second-order valence-corrected chi connectivity index (χ2v) is 14.3. The summed E-state index contributed by atoms with van der Waals surface area (Å²) in [6.45, 7) is 14.7. The maximum Gasteiger partial charge on any atom is 0.193 e. The second-order valence-electron chi connectivity index (χ2n) is 7.43. The lowest BCUT2D eigenvalue weighted by molar-refractivity contribution is 0.251. The maximum absolute atomic E-state index is 12.0. The molecule has 0 radical (unpaired) electrons. The van der Waals surface area contributed by atoms with Gasteiger partial charge < -0.3 is 4.43 Å². The molecule has 1 aromatic rings. The number of hydrogen-bond acceptors (Lipinski definition) is 2. The number of hydrogen-bond donors (Lipinski definition) is 0. The lowest BCUT2D eigenvalue weighted by atomic mass is 10.1. The molecular formula is C17H28ClNO2SSi. The van der Waals surface area contributed by atoms with Gasteiger partial charge in [-0.2, -0.15) is 4.40 Å². The predicted octanol–water partition coefficient (Wildman–Crippen LogP) is 5.55. The number of rotatable bonds is 6. The quantitative estimate of drug-likeness (QED) is 0.484. The van der Waals surface area contributed by atoms with Crippen LogP contribution >= 0.6 is 11.6 Å². The van der Waals surface area contributed by atoms with E-state index in [1.165, 1.54) is 0 Å². The number of nitrogens with zero attached hydrogens (tertiary/aromatic N) is 1. The van der Waals surface area contributed by atoms with Gasteiger partial charge in [0.1, 0.15) is 17.1 Å². The molecule has 0 aliphatic heterocycles. The largest absolute Gasteiger partial charge is 0.405 e. The Hall–Kier alpha value is -0.493. The van der Waals surface area contributed by atoms with Crippen LogP contribution in [-0.4, -0.2) is 24.0 Å². The summed E-state index contributed by atoms with van der Waals surface area (Å²) in [7, 11) is -3.25. The first-order valence-corrected chi connectivity index (χ1v) is 12.3. The molecule has 0 aliphatic rings. The molecule has 6 heteroatoms. The Labute approximate surface area is 149 Å². The Morgan fingerprint density at radius 1 is 1.30 bits per heavy atom. The van der Waals surface area contributed by atoms with Crippen LogP contribution in [0.1, 0.15) is 46.3 Å². The van der Waals surface area contributed by atoms with Crippen LogP contribution in [0.2, 0.25) is 23.2 Å². The highest BCUT2D eigenvalue weighted by molar-refractivity contribution is 7.84. The predicted molar refractivity (Wildman–Crippen MR) is 104 cm³/mol. The van der Waals surface area contributed by atoms with Crippen molar-refractivity contribution in [3.05, 3.63) is 34.9 Å². The van der Waals surface area contributed by atoms with Crippen LogP contribution < -0.4 is 0 Å². The van der Waals surface area contributed by atoms with Crippen molar-refractivity contribution < 1.29 is 8.63 Å². The fourth-order valence-corrected chi connectivity index (χ4v) is 3.46. The summed E-state index contributed by atoms with van der Waals surface area (Å²) in [6.07, 6.45) is 1.33. The van der Waals surface area contributed by atoms with Gasteiger partial charge in [0.25, 0.3) is 0 Å². The highest BCUT2D eigenvalue weighted by atomic mass is 35.5. The Kier molecular flexibility index (Phi) is 7.20. The Morgan fingerprint density at radius 2 is 1.91 bits per heavy atom. The molecule has 0 bridgehead atoms. The fourth-order valence-electron chi connectivity index (χ4n) is 1.60. The third-order valence-electron chi connectivity index (χ3n) is 4.11. The van der Waals surface area contributed by atoms with Gasteiger partial charge in [0.15, 0.2) is 8.32 Å². The van der Waals surface area contributed by atoms with Crippen LogP contribution in [-0.2, 0) is 15.4 Å². The van der Waals surface area contributed by atoms with Gasteiger partial charge in [-0.25, -0.2) is 4.21 Å². The van der Waals surface area contributed by atoms with Crippen molar-refractivity contribution in [2.45, 2.75) is 64.1 Å². The third-order valence-corrected chi connectivity index (χ3v) is 9.94. The van der Waals surface area contributed by atoms with Gasteiger partial charge in [0.2, 0.25) is 0 Å². The maximum atomic E-state index is 12.0. The Morgan fingerprint density at radius 3 is 2.39 bits per heavy atom. The van der Waals surface area contributed by atoms with E-state index in [0.29, 0.717) is 5.02 Å². The van der Waals surface area contributed by atoms with E-state index in [0.717, 1.165) is 5.56 Å². The Balaban J connectivity index is 3.14. The fraction of sp³-hybridized carbons (Fsp3) is 0.588. The standard InChI is InChI=1S/C17H28ClNO2SSi/c1-13(2)22(20)19-12-16(14-9-8-10-15(18)11-14)21-23(6,7)17(3,4)5/h8-13,16H,1-7H3/b19-12+/t16-,22+/m0/s1. The molecule has 130 valence electrons. The lowest BCUT2D eigenvalue weighted by Gasteiger charge is -2.38. The third kappa shape index (κ3) is 6.14. The van der Waals surface area contributed by atoms with E-state index in [1.54, 1.807) is 6.21 Å². The molecule has 0 saturated heterocycles. The zero-order valence-electron chi connectivity index (χ0n) is 15.1. The molecule has 0 saturated carbocycles. The van der Waals surface area contributed by atoms with Crippen LogP contribution in [0.5, 0.6) is 0 Å². The molecule has 23 heavy (non-hydrogen) atoms. The minimum Gasteiger partial charge on any atom is -0.405 e. The summed E-state index contributed by atoms with van der Waals surface area (Å²) in [6, 6.07) is 7.57. The molecular weight excluding hydrogens is 346 g/mol. The van der Waals surface area contributed by atoms with E-state index < -0.39 is 19.3 Å². The first-order valence-electron chi connectivity index (χ1n) is 7.82. The van der Waals surface area contributed by atoms with E-state index in [4.69, 9.17) is 16.0 Å². The van der Waals surface area contributed by atoms with Crippen molar-refractivity contribution >= 4 is 37.1 Å². The zero-order chi connectivity index (χ0) is 17.8. The number of halogens is 1. The van der Waals surface area contributed by atoms with Gasteiger partial charge in [-0.1, -0.05) is 44.5 Å². The molecule has 0 amide bonds. The van der Waals surface area contributed by atoms with Crippen molar-refractivity contribution in [3.8, 4) is 0 Å². The summed E-state index contributed by atoms with van der Waals surface area (Å²) in [4.78, 5) is 0. The van der Waals surface area contributed by atoms with Crippen molar-refractivity contribution in [3.63, 3.8) is 0 Å². The molecule has 0 aromatic heterocycles. The summed E-state index contributed by atoms with van der Waals surface area (Å²) >= 11 is 6.11. The van der Waals surface area contributed by atoms with Gasteiger partial charge in [-0.05, 0) is 49.7 Å². The number of benzene rings is 1. The molecule has 0 aliphatic carbocycles. The molecule has 3 nitrogen and oxygen atoms in total. The first kappa shape index (κ1) is 20.6. The Bertz CT molecular complexity index is 582. The van der Waals surface area contributed by atoms with Gasteiger partial charge in [-0.15, -0.1) is 0 Å². The second kappa shape index (κ2) is 8.06. The highest BCUT2D eigenvalue weighted by Gasteiger charge is 2.39. The van der Waals surface area contributed by atoms with Crippen molar-refractivity contribution in [1.29, 1.82) is 0 Å². The van der Waals surface area contributed by atoms with Crippen molar-refractivity contribution in [2.75, 3.05) is 0 Å². The smallest absolute Gasteiger partial charge is 0.193 e. The average molecular weight is 374 g/mol. The van der Waals surface area contributed by atoms with Crippen LogP contribution in [0.25, 0.3) is 0 Å². The highest BCUT2D eigenvalue weighted by Crippen LogP contribution is 2.39. The minimum absolute atomic E-state index is 0.0147. The lowest BCUT2D eigenvalue weighted by Crippen LogP contribution is -2.42. The summed E-state index contributed by atoms with van der Waals surface area (Å²) in [5, 5.41) is 0.721. The zero-order valence-corrected chi connectivity index (χ0v) is 17.7. The molecule has 0 unspecified atom stereocenters. The van der Waals surface area contributed by atoms with E-state index in [1.807, 2.05) is 38.1 Å². The van der Waals surface area contributed by atoms with Gasteiger partial charge in [0.05, 0.1) is 5.25 Å². The summed E-state index contributed by atoms with van der Waals surface area (Å²) in [5.74, 6) is 0. The van der Waals surface area contributed by atoms with Crippen LogP contribution in [0, 0.1) is 0 Å². The molecule has 0 fully saturated rings. The molecule has 1 rings (SSSR count). The van der Waals surface area contributed by atoms with E-state index in [9.17, 15) is 4.21 Å². The SMILES string of the molecule is CC(C)[S@@](=O)/N=C/[C@H](O[Si](C)(C)C(C)(C)C)c1cccc(Cl)c1. The summed E-state index contributed by atoms with van der Waals surface area (Å²) < 4.78 is 22.6. The van der Waals surface area contributed by atoms with Gasteiger partial charge in [-0.3, -0.25) is 0 Å². The molecule has 0 spiro atoms. The van der Waals surface area contributed by atoms with E-state index in [2.05, 4.69) is 38.3 Å². The van der Waals surface area contributed by atoms with E-state index >= 15 is 0 Å². The first-order chi connectivity index (χ1) is 10.4. The van der Waals surface area contributed by atoms with Crippen molar-refractivity contribution in [2.24, 2.45) is 4.40 Å². The van der Waals surface area contributed by atoms with Crippen molar-refractivity contribution in [1.82, 2.24) is 0 Å². The van der Waals surface area contributed by atoms with Crippen LogP contribution in [0.3, 0.4) is 0 Å². The van der Waals surface area contributed by atoms with Crippen LogP contribution in [0.15, 0.2) is 28.7 Å². The minimum atomic E-state index is -2.00. The van der Waals surface area contributed by atoms with Gasteiger partial charge in [0, 0.05) is 11.2 Å². The average Bonchev–Trinajstić information content (AvgIpc) is 2.41. The van der Waals surface area contributed by atoms with Crippen LogP contribution in [0.4, 0.5) is 0 Å². The topological polar surface area (TPSA) is 38.7 Å². The normalized spacial score (nSPS) is 16.0. The van der Waals surface area contributed by atoms with Gasteiger partial charge >= 0.3 is 0 Å². The molecule has 2 atom stereocenters. The molecule has 0 N–H and O–H groups in total. The van der Waals surface area contributed by atoms with E-state index in [-0.39, 0.29) is 16.4 Å². The molecule has 1 aromatic carbocycles.